The molecular formula is C13H16ClNO3. The van der Waals surface area contributed by atoms with Crippen molar-refractivity contribution in [3.63, 3.8) is 0 Å². The lowest BCUT2D eigenvalue weighted by molar-refractivity contribution is -0.155. The zero-order valence-electron chi connectivity index (χ0n) is 10.6. The van der Waals surface area contributed by atoms with Crippen molar-refractivity contribution in [3.05, 3.63) is 34.9 Å². The molecule has 1 amide bonds. The van der Waals surface area contributed by atoms with E-state index in [1.54, 1.807) is 24.3 Å². The molecule has 5 heteroatoms. The van der Waals surface area contributed by atoms with Crippen molar-refractivity contribution < 1.29 is 14.7 Å². The van der Waals surface area contributed by atoms with E-state index in [2.05, 4.69) is 0 Å². The number of likely N-dealkylation sites (N-methyl/N-ethyl adjacent to an activating group) is 1. The summed E-state index contributed by atoms with van der Waals surface area (Å²) >= 11 is 5.96. The number of halogens is 1. The number of hydrogen-bond donors (Lipinski definition) is 1. The Morgan fingerprint density at radius 1 is 1.33 bits per heavy atom. The Bertz CT molecular complexity index is 471. The normalized spacial score (nSPS) is 11.1. The Kier molecular flexibility index (Phi) is 4.35. The monoisotopic (exact) mass is 269 g/mol. The van der Waals surface area contributed by atoms with Gasteiger partial charge < -0.3 is 10.0 Å². The molecular weight excluding hydrogens is 254 g/mol. The molecule has 1 aromatic rings. The minimum Gasteiger partial charge on any atom is -0.480 e. The van der Waals surface area contributed by atoms with E-state index in [0.717, 1.165) is 0 Å². The molecule has 1 aromatic carbocycles. The van der Waals surface area contributed by atoms with E-state index in [-0.39, 0.29) is 12.3 Å². The predicted octanol–water partition coefficient (Wildman–Crippen LogP) is 2.20. The van der Waals surface area contributed by atoms with Crippen molar-refractivity contribution in [1.82, 2.24) is 4.90 Å². The molecule has 0 saturated heterocycles. The van der Waals surface area contributed by atoms with Gasteiger partial charge >= 0.3 is 5.97 Å². The molecule has 18 heavy (non-hydrogen) atoms. The largest absolute Gasteiger partial charge is 0.480 e. The van der Waals surface area contributed by atoms with Gasteiger partial charge in [0.05, 0.1) is 6.42 Å². The molecule has 4 nitrogen and oxygen atoms in total. The van der Waals surface area contributed by atoms with E-state index in [9.17, 15) is 9.59 Å². The Hall–Kier alpha value is -1.55. The van der Waals surface area contributed by atoms with E-state index in [1.165, 1.54) is 25.8 Å². The van der Waals surface area contributed by atoms with Gasteiger partial charge in [0, 0.05) is 12.1 Å². The SMILES string of the molecule is CN(C(=O)Cc1ccccc1Cl)C(C)(C)C(=O)O. The maximum atomic E-state index is 12.0. The summed E-state index contributed by atoms with van der Waals surface area (Å²) in [6.45, 7) is 2.97. The number of aliphatic carboxylic acids is 1. The molecule has 0 fully saturated rings. The van der Waals surface area contributed by atoms with Crippen LogP contribution in [0.2, 0.25) is 5.02 Å². The Morgan fingerprint density at radius 3 is 2.39 bits per heavy atom. The third-order valence-electron chi connectivity index (χ3n) is 3.04. The highest BCUT2D eigenvalue weighted by molar-refractivity contribution is 6.31. The summed E-state index contributed by atoms with van der Waals surface area (Å²) in [6, 6.07) is 7.02. The number of amides is 1. The number of rotatable bonds is 4. The lowest BCUT2D eigenvalue weighted by Crippen LogP contribution is -2.51. The predicted molar refractivity (Wildman–Crippen MR) is 69.6 cm³/mol. The fourth-order valence-corrected chi connectivity index (χ4v) is 1.58. The van der Waals surface area contributed by atoms with Crippen LogP contribution in [0, 0.1) is 0 Å². The van der Waals surface area contributed by atoms with Crippen LogP contribution in [-0.2, 0) is 16.0 Å². The van der Waals surface area contributed by atoms with Crippen LogP contribution in [0.15, 0.2) is 24.3 Å². The quantitative estimate of drug-likeness (QED) is 0.912. The third-order valence-corrected chi connectivity index (χ3v) is 3.40. The Morgan fingerprint density at radius 2 is 1.89 bits per heavy atom. The molecule has 0 bridgehead atoms. The minimum absolute atomic E-state index is 0.0902. The fraction of sp³-hybridized carbons (Fsp3) is 0.385. The first kappa shape index (κ1) is 14.5. The second kappa shape index (κ2) is 5.40. The van der Waals surface area contributed by atoms with Crippen LogP contribution in [0.5, 0.6) is 0 Å². The highest BCUT2D eigenvalue weighted by Crippen LogP contribution is 2.19. The average molecular weight is 270 g/mol. The van der Waals surface area contributed by atoms with Crippen LogP contribution >= 0.6 is 11.6 Å². The van der Waals surface area contributed by atoms with E-state index < -0.39 is 11.5 Å². The molecule has 0 radical (unpaired) electrons. The summed E-state index contributed by atoms with van der Waals surface area (Å²) < 4.78 is 0. The van der Waals surface area contributed by atoms with Gasteiger partial charge in [-0.25, -0.2) is 4.79 Å². The third kappa shape index (κ3) is 3.01. The summed E-state index contributed by atoms with van der Waals surface area (Å²) in [7, 11) is 1.48. The molecule has 0 heterocycles. The lowest BCUT2D eigenvalue weighted by atomic mass is 10.0. The summed E-state index contributed by atoms with van der Waals surface area (Å²) in [6.07, 6.45) is 0.0902. The highest BCUT2D eigenvalue weighted by Gasteiger charge is 2.35. The minimum atomic E-state index is -1.24. The van der Waals surface area contributed by atoms with Crippen molar-refractivity contribution in [2.45, 2.75) is 25.8 Å². The highest BCUT2D eigenvalue weighted by atomic mass is 35.5. The van der Waals surface area contributed by atoms with Gasteiger partial charge in [-0.3, -0.25) is 4.79 Å². The molecule has 0 unspecified atom stereocenters. The topological polar surface area (TPSA) is 57.6 Å². The van der Waals surface area contributed by atoms with Crippen molar-refractivity contribution in [2.24, 2.45) is 0 Å². The molecule has 0 aliphatic rings. The zero-order valence-corrected chi connectivity index (χ0v) is 11.4. The van der Waals surface area contributed by atoms with Gasteiger partial charge in [0.2, 0.25) is 5.91 Å². The number of carbonyl (C=O) groups is 2. The zero-order chi connectivity index (χ0) is 13.9. The van der Waals surface area contributed by atoms with Gasteiger partial charge in [0.1, 0.15) is 5.54 Å². The van der Waals surface area contributed by atoms with Gasteiger partial charge in [0.25, 0.3) is 0 Å². The summed E-state index contributed by atoms with van der Waals surface area (Å²) in [5.74, 6) is -1.33. The van der Waals surface area contributed by atoms with Gasteiger partial charge in [0.15, 0.2) is 0 Å². The molecule has 1 N–H and O–H groups in total. The molecule has 0 aliphatic carbocycles. The molecule has 0 aliphatic heterocycles. The molecule has 0 saturated carbocycles. The molecule has 98 valence electrons. The van der Waals surface area contributed by atoms with Gasteiger partial charge in [-0.2, -0.15) is 0 Å². The van der Waals surface area contributed by atoms with E-state index in [4.69, 9.17) is 16.7 Å². The second-order valence-electron chi connectivity index (χ2n) is 4.59. The van der Waals surface area contributed by atoms with Crippen LogP contribution < -0.4 is 0 Å². The first-order chi connectivity index (χ1) is 8.26. The molecule has 0 spiro atoms. The second-order valence-corrected chi connectivity index (χ2v) is 4.99. The fourth-order valence-electron chi connectivity index (χ4n) is 1.38. The smallest absolute Gasteiger partial charge is 0.329 e. The Balaban J connectivity index is 2.84. The van der Waals surface area contributed by atoms with Crippen LogP contribution in [0.1, 0.15) is 19.4 Å². The van der Waals surface area contributed by atoms with Crippen LogP contribution in [0.3, 0.4) is 0 Å². The number of hydrogen-bond acceptors (Lipinski definition) is 2. The number of benzene rings is 1. The first-order valence-electron chi connectivity index (χ1n) is 5.50. The standard InChI is InChI=1S/C13H16ClNO3/c1-13(2,12(17)18)15(3)11(16)8-9-6-4-5-7-10(9)14/h4-7H,8H2,1-3H3,(H,17,18). The summed E-state index contributed by atoms with van der Waals surface area (Å²) in [4.78, 5) is 24.3. The molecule has 1 rings (SSSR count). The van der Waals surface area contributed by atoms with E-state index in [1.807, 2.05) is 0 Å². The van der Waals surface area contributed by atoms with Crippen molar-refractivity contribution in [2.75, 3.05) is 7.05 Å². The summed E-state index contributed by atoms with van der Waals surface area (Å²) in [5, 5.41) is 9.57. The Labute approximate surface area is 111 Å². The van der Waals surface area contributed by atoms with Crippen LogP contribution in [0.4, 0.5) is 0 Å². The number of nitrogens with zero attached hydrogens (tertiary/aromatic N) is 1. The maximum Gasteiger partial charge on any atom is 0.329 e. The van der Waals surface area contributed by atoms with Gasteiger partial charge in [-0.05, 0) is 25.5 Å². The van der Waals surface area contributed by atoms with Gasteiger partial charge in [-0.1, -0.05) is 29.8 Å². The lowest BCUT2D eigenvalue weighted by Gasteiger charge is -2.31. The average Bonchev–Trinajstić information content (AvgIpc) is 2.30. The maximum absolute atomic E-state index is 12.0. The molecule has 0 atom stereocenters. The first-order valence-corrected chi connectivity index (χ1v) is 5.88. The van der Waals surface area contributed by atoms with E-state index in [0.29, 0.717) is 10.6 Å². The van der Waals surface area contributed by atoms with Crippen LogP contribution in [0.25, 0.3) is 0 Å². The molecule has 0 aromatic heterocycles. The van der Waals surface area contributed by atoms with Crippen molar-refractivity contribution >= 4 is 23.5 Å². The van der Waals surface area contributed by atoms with Crippen LogP contribution in [-0.4, -0.2) is 34.5 Å². The number of carbonyl (C=O) groups excluding carboxylic acids is 1. The van der Waals surface area contributed by atoms with Gasteiger partial charge in [-0.15, -0.1) is 0 Å². The number of carboxylic acid groups (broad SMARTS) is 1. The van der Waals surface area contributed by atoms with Crippen molar-refractivity contribution in [3.8, 4) is 0 Å². The number of carboxylic acids is 1. The van der Waals surface area contributed by atoms with E-state index >= 15 is 0 Å². The summed E-state index contributed by atoms with van der Waals surface area (Å²) in [5.41, 5.74) is -0.546. The van der Waals surface area contributed by atoms with Crippen molar-refractivity contribution in [1.29, 1.82) is 0 Å².